The van der Waals surface area contributed by atoms with Gasteiger partial charge in [0.2, 0.25) is 0 Å². The van der Waals surface area contributed by atoms with Gasteiger partial charge in [-0.2, -0.15) is 0 Å². The summed E-state index contributed by atoms with van der Waals surface area (Å²) in [7, 11) is 0. The molecule has 0 saturated heterocycles. The Labute approximate surface area is 177 Å². The van der Waals surface area contributed by atoms with Crippen molar-refractivity contribution in [1.82, 2.24) is 0 Å². The van der Waals surface area contributed by atoms with Crippen LogP contribution in [0.15, 0.2) is 55.1 Å². The van der Waals surface area contributed by atoms with Crippen LogP contribution in [0.5, 0.6) is 5.75 Å². The first-order valence-corrected chi connectivity index (χ1v) is 11.7. The van der Waals surface area contributed by atoms with Gasteiger partial charge in [-0.15, -0.1) is 6.58 Å². The Balaban J connectivity index is 1.39. The Bertz CT molecular complexity index is 796. The molecule has 1 unspecified atom stereocenters. The summed E-state index contributed by atoms with van der Waals surface area (Å²) >= 11 is 0. The summed E-state index contributed by atoms with van der Waals surface area (Å²) in [5, 5.41) is 0. The molecule has 0 spiro atoms. The summed E-state index contributed by atoms with van der Waals surface area (Å²) in [6, 6.07) is 15.8. The van der Waals surface area contributed by atoms with E-state index in [1.807, 2.05) is 0 Å². The third-order valence-corrected chi connectivity index (χ3v) is 7.24. The van der Waals surface area contributed by atoms with Crippen LogP contribution in [0.1, 0.15) is 63.0 Å². The number of unbranched alkanes of at least 4 members (excludes halogenated alkanes) is 1. The van der Waals surface area contributed by atoms with Crippen LogP contribution < -0.4 is 4.74 Å². The van der Waals surface area contributed by atoms with Crippen molar-refractivity contribution in [3.63, 3.8) is 0 Å². The maximum atomic E-state index is 5.81. The average molecular weight is 389 g/mol. The summed E-state index contributed by atoms with van der Waals surface area (Å²) in [5.41, 5.74) is 5.80. The molecule has 2 aromatic rings. The minimum absolute atomic E-state index is 0.771. The van der Waals surface area contributed by atoms with Gasteiger partial charge in [-0.25, -0.2) is 0 Å². The van der Waals surface area contributed by atoms with Gasteiger partial charge in [0.15, 0.2) is 0 Å². The number of ether oxygens (including phenoxy) is 1. The monoisotopic (exact) mass is 388 g/mol. The molecule has 2 aliphatic carbocycles. The molecule has 0 aromatic heterocycles. The van der Waals surface area contributed by atoms with Crippen LogP contribution in [-0.4, -0.2) is 6.61 Å². The Morgan fingerprint density at radius 1 is 0.897 bits per heavy atom. The zero-order chi connectivity index (χ0) is 20.1. The molecule has 154 valence electrons. The van der Waals surface area contributed by atoms with Crippen molar-refractivity contribution < 1.29 is 4.74 Å². The maximum Gasteiger partial charge on any atom is 0.119 e. The summed E-state index contributed by atoms with van der Waals surface area (Å²) in [6.45, 7) is 7.00. The van der Waals surface area contributed by atoms with Gasteiger partial charge in [-0.1, -0.05) is 49.8 Å². The van der Waals surface area contributed by atoms with Gasteiger partial charge in [0.05, 0.1) is 6.61 Å². The largest absolute Gasteiger partial charge is 0.494 e. The number of rotatable bonds is 7. The van der Waals surface area contributed by atoms with E-state index in [9.17, 15) is 0 Å². The predicted octanol–water partition coefficient (Wildman–Crippen LogP) is 7.63. The van der Waals surface area contributed by atoms with E-state index in [0.717, 1.165) is 36.5 Å². The van der Waals surface area contributed by atoms with Crippen molar-refractivity contribution in [2.75, 3.05) is 6.61 Å². The molecule has 4 rings (SSSR count). The molecular weight excluding hydrogens is 352 g/mol. The van der Waals surface area contributed by atoms with Crippen LogP contribution in [0, 0.1) is 17.8 Å². The van der Waals surface area contributed by atoms with Crippen LogP contribution >= 0.6 is 0 Å². The fraction of sp³-hybridized carbons (Fsp3) is 0.500. The first-order valence-electron chi connectivity index (χ1n) is 11.7. The van der Waals surface area contributed by atoms with Gasteiger partial charge >= 0.3 is 0 Å². The van der Waals surface area contributed by atoms with Crippen molar-refractivity contribution in [1.29, 1.82) is 0 Å². The first-order chi connectivity index (χ1) is 14.3. The lowest BCUT2D eigenvalue weighted by molar-refractivity contribution is 0.206. The number of allylic oxidation sites excluding steroid dienone is 1. The molecule has 0 bridgehead atoms. The maximum absolute atomic E-state index is 5.81. The van der Waals surface area contributed by atoms with E-state index >= 15 is 0 Å². The molecule has 1 saturated carbocycles. The summed E-state index contributed by atoms with van der Waals surface area (Å²) in [6.07, 6.45) is 13.9. The molecule has 1 nitrogen and oxygen atoms in total. The van der Waals surface area contributed by atoms with E-state index < -0.39 is 0 Å². The number of hydrogen-bond donors (Lipinski definition) is 0. The summed E-state index contributed by atoms with van der Waals surface area (Å²) < 4.78 is 5.81. The van der Waals surface area contributed by atoms with Crippen molar-refractivity contribution in [3.05, 3.63) is 66.2 Å². The standard InChI is InChI=1S/C28H36O/c1-3-5-18-29-28-16-14-23(15-17-28)25-11-13-26-19-24(10-12-27(26)20-25)22-8-6-21(4-2)7-9-22/h4,11,13-17,20-22,24H,2-3,5-10,12,18-19H2,1H3. The Morgan fingerprint density at radius 2 is 1.66 bits per heavy atom. The van der Waals surface area contributed by atoms with Crippen molar-refractivity contribution in [3.8, 4) is 16.9 Å². The number of hydrogen-bond acceptors (Lipinski definition) is 1. The van der Waals surface area contributed by atoms with Crippen LogP contribution in [0.3, 0.4) is 0 Å². The lowest BCUT2D eigenvalue weighted by Gasteiger charge is -2.36. The van der Waals surface area contributed by atoms with Gasteiger partial charge < -0.3 is 4.74 Å². The molecule has 0 aliphatic heterocycles. The zero-order valence-corrected chi connectivity index (χ0v) is 18.0. The van der Waals surface area contributed by atoms with Crippen molar-refractivity contribution >= 4 is 0 Å². The highest BCUT2D eigenvalue weighted by atomic mass is 16.5. The third kappa shape index (κ3) is 4.94. The quantitative estimate of drug-likeness (QED) is 0.350. The second-order valence-corrected chi connectivity index (χ2v) is 9.12. The van der Waals surface area contributed by atoms with E-state index in [-0.39, 0.29) is 0 Å². The zero-order valence-electron chi connectivity index (χ0n) is 18.0. The van der Waals surface area contributed by atoms with E-state index in [2.05, 4.69) is 62.0 Å². The number of benzene rings is 2. The molecule has 0 radical (unpaired) electrons. The van der Waals surface area contributed by atoms with Crippen LogP contribution in [0.2, 0.25) is 0 Å². The molecular formula is C28H36O. The van der Waals surface area contributed by atoms with Crippen LogP contribution in [0.4, 0.5) is 0 Å². The number of fused-ring (bicyclic) bond motifs is 1. The molecule has 0 heterocycles. The second-order valence-electron chi connectivity index (χ2n) is 9.12. The Morgan fingerprint density at radius 3 is 2.38 bits per heavy atom. The predicted molar refractivity (Wildman–Crippen MR) is 123 cm³/mol. The van der Waals surface area contributed by atoms with Crippen molar-refractivity contribution in [2.45, 2.75) is 64.7 Å². The lowest BCUT2D eigenvalue weighted by atomic mass is 9.69. The van der Waals surface area contributed by atoms with Gasteiger partial charge in [0.25, 0.3) is 0 Å². The van der Waals surface area contributed by atoms with E-state index in [0.29, 0.717) is 0 Å². The summed E-state index contributed by atoms with van der Waals surface area (Å²) in [4.78, 5) is 0. The van der Waals surface area contributed by atoms with E-state index in [4.69, 9.17) is 4.74 Å². The fourth-order valence-corrected chi connectivity index (χ4v) is 5.30. The molecule has 0 N–H and O–H groups in total. The van der Waals surface area contributed by atoms with E-state index in [1.54, 1.807) is 11.1 Å². The average Bonchev–Trinajstić information content (AvgIpc) is 2.79. The molecule has 1 fully saturated rings. The van der Waals surface area contributed by atoms with Gasteiger partial charge in [0, 0.05) is 0 Å². The lowest BCUT2D eigenvalue weighted by Crippen LogP contribution is -2.26. The molecule has 29 heavy (non-hydrogen) atoms. The number of aryl methyl sites for hydroxylation is 1. The topological polar surface area (TPSA) is 9.23 Å². The van der Waals surface area contributed by atoms with Crippen LogP contribution in [-0.2, 0) is 12.8 Å². The molecule has 0 amide bonds. The van der Waals surface area contributed by atoms with Gasteiger partial charge in [-0.05, 0) is 104 Å². The normalized spacial score (nSPS) is 24.0. The van der Waals surface area contributed by atoms with Crippen LogP contribution in [0.25, 0.3) is 11.1 Å². The highest BCUT2D eigenvalue weighted by Gasteiger charge is 2.29. The Hall–Kier alpha value is -2.02. The first kappa shape index (κ1) is 20.3. The second kappa shape index (κ2) is 9.65. The van der Waals surface area contributed by atoms with Gasteiger partial charge in [-0.3, -0.25) is 0 Å². The third-order valence-electron chi connectivity index (χ3n) is 7.24. The Kier molecular flexibility index (Phi) is 6.74. The molecule has 2 aliphatic rings. The fourth-order valence-electron chi connectivity index (χ4n) is 5.30. The van der Waals surface area contributed by atoms with Gasteiger partial charge in [0.1, 0.15) is 5.75 Å². The minimum Gasteiger partial charge on any atom is -0.494 e. The SMILES string of the molecule is C=CC1CCC(C2CCc3cc(-c4ccc(OCCCC)cc4)ccc3C2)CC1. The smallest absolute Gasteiger partial charge is 0.119 e. The highest BCUT2D eigenvalue weighted by Crippen LogP contribution is 2.40. The molecule has 2 aromatic carbocycles. The minimum atomic E-state index is 0.771. The molecule has 1 atom stereocenters. The van der Waals surface area contributed by atoms with Crippen molar-refractivity contribution in [2.24, 2.45) is 17.8 Å². The summed E-state index contributed by atoms with van der Waals surface area (Å²) in [5.74, 6) is 3.57. The van der Waals surface area contributed by atoms with E-state index in [1.165, 1.54) is 62.5 Å². The molecule has 1 heteroatoms. The highest BCUT2D eigenvalue weighted by molar-refractivity contribution is 5.66.